The third-order valence-corrected chi connectivity index (χ3v) is 2.99. The fourth-order valence-corrected chi connectivity index (χ4v) is 2.26. The van der Waals surface area contributed by atoms with Gasteiger partial charge in [-0.25, -0.2) is 4.98 Å². The number of aryl methyl sites for hydroxylation is 1. The second-order valence-electron chi connectivity index (χ2n) is 3.10. The summed E-state index contributed by atoms with van der Waals surface area (Å²) in [6, 6.07) is 5.85. The number of halogens is 1. The van der Waals surface area contributed by atoms with Crippen LogP contribution in [-0.2, 0) is 4.79 Å². The molecule has 0 N–H and O–H groups in total. The van der Waals surface area contributed by atoms with Crippen molar-refractivity contribution in [3.63, 3.8) is 0 Å². The molecule has 76 valence electrons. The first-order valence-electron chi connectivity index (χ1n) is 4.40. The van der Waals surface area contributed by atoms with Gasteiger partial charge in [0.25, 0.3) is 0 Å². The lowest BCUT2D eigenvalue weighted by Gasteiger charge is -1.91. The number of thiazole rings is 1. The maximum Gasteiger partial charge on any atom is 0.245 e. The summed E-state index contributed by atoms with van der Waals surface area (Å²) in [5.41, 5.74) is 1.95. The Morgan fingerprint density at radius 1 is 1.53 bits per heavy atom. The monoisotopic (exact) mass is 237 g/mol. The Kier molecular flexibility index (Phi) is 2.84. The third kappa shape index (κ3) is 2.43. The molecule has 0 radical (unpaired) electrons. The normalized spacial score (nSPS) is 11.3. The Morgan fingerprint density at radius 3 is 3.07 bits per heavy atom. The van der Waals surface area contributed by atoms with Crippen molar-refractivity contribution < 1.29 is 4.79 Å². The van der Waals surface area contributed by atoms with E-state index < -0.39 is 5.24 Å². The molecule has 1 aromatic heterocycles. The molecule has 0 aliphatic rings. The van der Waals surface area contributed by atoms with Gasteiger partial charge in [-0.1, -0.05) is 12.1 Å². The van der Waals surface area contributed by atoms with Crippen LogP contribution in [0.25, 0.3) is 16.3 Å². The number of aromatic nitrogens is 1. The largest absolute Gasteiger partial charge is 0.276 e. The number of rotatable bonds is 2. The van der Waals surface area contributed by atoms with Crippen molar-refractivity contribution in [2.45, 2.75) is 6.92 Å². The molecule has 2 nitrogen and oxygen atoms in total. The summed E-state index contributed by atoms with van der Waals surface area (Å²) in [4.78, 5) is 14.9. The quantitative estimate of drug-likeness (QED) is 0.592. The molecular formula is C11H8ClNOS. The summed E-state index contributed by atoms with van der Waals surface area (Å²) in [5.74, 6) is 0. The third-order valence-electron chi connectivity index (χ3n) is 1.93. The average Bonchev–Trinajstić information content (AvgIpc) is 2.53. The van der Waals surface area contributed by atoms with Gasteiger partial charge in [-0.15, -0.1) is 11.3 Å². The molecule has 4 heteroatoms. The fourth-order valence-electron chi connectivity index (χ4n) is 1.32. The van der Waals surface area contributed by atoms with Gasteiger partial charge in [0.1, 0.15) is 0 Å². The summed E-state index contributed by atoms with van der Waals surface area (Å²) >= 11 is 6.85. The Hall–Kier alpha value is -1.19. The minimum atomic E-state index is -0.462. The van der Waals surface area contributed by atoms with E-state index in [-0.39, 0.29) is 0 Å². The number of carbonyl (C=O) groups excluding carboxylic acids is 1. The highest BCUT2D eigenvalue weighted by Crippen LogP contribution is 2.23. The predicted octanol–water partition coefficient (Wildman–Crippen LogP) is 3.38. The van der Waals surface area contributed by atoms with E-state index in [2.05, 4.69) is 4.98 Å². The van der Waals surface area contributed by atoms with E-state index in [4.69, 9.17) is 11.6 Å². The van der Waals surface area contributed by atoms with Crippen molar-refractivity contribution in [2.24, 2.45) is 0 Å². The molecule has 1 heterocycles. The van der Waals surface area contributed by atoms with E-state index in [9.17, 15) is 4.79 Å². The second kappa shape index (κ2) is 4.13. The molecule has 0 saturated carbocycles. The molecule has 0 amide bonds. The number of nitrogens with zero attached hydrogens (tertiary/aromatic N) is 1. The van der Waals surface area contributed by atoms with Gasteiger partial charge >= 0.3 is 0 Å². The Bertz CT molecular complexity index is 545. The van der Waals surface area contributed by atoms with Gasteiger partial charge in [-0.3, -0.25) is 4.79 Å². The molecule has 0 unspecified atom stereocenters. The number of allylic oxidation sites excluding steroid dienone is 1. The van der Waals surface area contributed by atoms with Gasteiger partial charge < -0.3 is 0 Å². The van der Waals surface area contributed by atoms with Crippen LogP contribution >= 0.6 is 22.9 Å². The molecule has 0 spiro atoms. The van der Waals surface area contributed by atoms with Gasteiger partial charge in [-0.2, -0.15) is 0 Å². The summed E-state index contributed by atoms with van der Waals surface area (Å²) in [6.45, 7) is 1.97. The zero-order valence-corrected chi connectivity index (χ0v) is 9.60. The zero-order chi connectivity index (χ0) is 10.8. The van der Waals surface area contributed by atoms with E-state index in [1.807, 2.05) is 25.1 Å². The summed E-state index contributed by atoms with van der Waals surface area (Å²) in [7, 11) is 0. The van der Waals surface area contributed by atoms with Crippen LogP contribution in [0, 0.1) is 6.92 Å². The van der Waals surface area contributed by atoms with Crippen molar-refractivity contribution in [3.8, 4) is 0 Å². The summed E-state index contributed by atoms with van der Waals surface area (Å²) in [6.07, 6.45) is 3.04. The van der Waals surface area contributed by atoms with E-state index in [0.717, 1.165) is 20.8 Å². The van der Waals surface area contributed by atoms with Crippen molar-refractivity contribution in [2.75, 3.05) is 0 Å². The van der Waals surface area contributed by atoms with Crippen molar-refractivity contribution in [1.29, 1.82) is 0 Å². The van der Waals surface area contributed by atoms with E-state index in [0.29, 0.717) is 0 Å². The van der Waals surface area contributed by atoms with Crippen LogP contribution in [-0.4, -0.2) is 10.2 Å². The maximum absolute atomic E-state index is 10.6. The molecule has 2 rings (SSSR count). The molecule has 0 fully saturated rings. The highest BCUT2D eigenvalue weighted by molar-refractivity contribution is 7.18. The first kappa shape index (κ1) is 10.3. The number of hydrogen-bond acceptors (Lipinski definition) is 3. The lowest BCUT2D eigenvalue weighted by atomic mass is 10.2. The smallest absolute Gasteiger partial charge is 0.245 e. The minimum absolute atomic E-state index is 0.462. The van der Waals surface area contributed by atoms with Gasteiger partial charge in [0.2, 0.25) is 5.24 Å². The van der Waals surface area contributed by atoms with Gasteiger partial charge in [0.05, 0.1) is 15.2 Å². The summed E-state index contributed by atoms with van der Waals surface area (Å²) < 4.78 is 1.12. The van der Waals surface area contributed by atoms with Crippen molar-refractivity contribution in [1.82, 2.24) is 4.98 Å². The first-order valence-corrected chi connectivity index (χ1v) is 5.59. The number of hydrogen-bond donors (Lipinski definition) is 0. The number of carbonyl (C=O) groups is 1. The van der Waals surface area contributed by atoms with Crippen molar-refractivity contribution in [3.05, 3.63) is 34.8 Å². The van der Waals surface area contributed by atoms with Crippen LogP contribution in [0.2, 0.25) is 0 Å². The molecule has 0 saturated heterocycles. The zero-order valence-electron chi connectivity index (χ0n) is 8.03. The van der Waals surface area contributed by atoms with Crippen LogP contribution in [0.3, 0.4) is 0 Å². The summed E-state index contributed by atoms with van der Waals surface area (Å²) in [5, 5.41) is 0.579. The number of fused-ring (bicyclic) bond motifs is 1. The topological polar surface area (TPSA) is 30.0 Å². The second-order valence-corrected chi connectivity index (χ2v) is 4.70. The molecule has 0 aliphatic heterocycles. The molecule has 15 heavy (non-hydrogen) atoms. The van der Waals surface area contributed by atoms with E-state index in [1.165, 1.54) is 6.08 Å². The lowest BCUT2D eigenvalue weighted by Crippen LogP contribution is -1.76. The molecule has 0 aliphatic carbocycles. The van der Waals surface area contributed by atoms with Crippen LogP contribution in [0.1, 0.15) is 10.6 Å². The molecule has 0 bridgehead atoms. The molecule has 1 aromatic carbocycles. The molecule has 2 aromatic rings. The van der Waals surface area contributed by atoms with Crippen molar-refractivity contribution >= 4 is 44.5 Å². The van der Waals surface area contributed by atoms with Gasteiger partial charge in [0.15, 0.2) is 0 Å². The average molecular weight is 238 g/mol. The van der Waals surface area contributed by atoms with Gasteiger partial charge in [-0.05, 0) is 42.3 Å². The van der Waals surface area contributed by atoms with E-state index >= 15 is 0 Å². The Labute approximate surface area is 96.2 Å². The minimum Gasteiger partial charge on any atom is -0.276 e. The highest BCUT2D eigenvalue weighted by Gasteiger charge is 1.99. The van der Waals surface area contributed by atoms with E-state index in [1.54, 1.807) is 17.4 Å². The molecule has 0 atom stereocenters. The lowest BCUT2D eigenvalue weighted by molar-refractivity contribution is -0.107. The van der Waals surface area contributed by atoms with Crippen LogP contribution in [0.15, 0.2) is 24.3 Å². The predicted molar refractivity (Wildman–Crippen MR) is 64.3 cm³/mol. The SMILES string of the molecule is Cc1nc2ccc(C=CC(=O)Cl)cc2s1. The first-order chi connectivity index (χ1) is 7.15. The van der Waals surface area contributed by atoms with Crippen LogP contribution in [0.4, 0.5) is 0 Å². The Balaban J connectivity index is 2.42. The van der Waals surface area contributed by atoms with Crippen LogP contribution < -0.4 is 0 Å². The Morgan fingerprint density at radius 2 is 2.33 bits per heavy atom. The molecular weight excluding hydrogens is 230 g/mol. The highest BCUT2D eigenvalue weighted by atomic mass is 35.5. The fraction of sp³-hybridized carbons (Fsp3) is 0.0909. The standard InChI is InChI=1S/C11H8ClNOS/c1-7-13-9-4-2-8(3-5-11(12)14)6-10(9)15-7/h2-6H,1H3. The maximum atomic E-state index is 10.6. The van der Waals surface area contributed by atoms with Gasteiger partial charge in [0, 0.05) is 0 Å². The van der Waals surface area contributed by atoms with Crippen LogP contribution in [0.5, 0.6) is 0 Å². The number of benzene rings is 1.